The second-order valence-corrected chi connectivity index (χ2v) is 7.47. The molecule has 2 aromatic rings. The van der Waals surface area contributed by atoms with Crippen LogP contribution in [0.3, 0.4) is 0 Å². The number of hydrogen-bond donors (Lipinski definition) is 2. The van der Waals surface area contributed by atoms with E-state index in [-0.39, 0.29) is 11.9 Å². The molecule has 1 aromatic heterocycles. The van der Waals surface area contributed by atoms with Gasteiger partial charge in [0.1, 0.15) is 4.88 Å². The van der Waals surface area contributed by atoms with Gasteiger partial charge in [-0.2, -0.15) is 0 Å². The van der Waals surface area contributed by atoms with E-state index < -0.39 is 0 Å². The maximum atomic E-state index is 12.5. The average Bonchev–Trinajstić information content (AvgIpc) is 2.93. The molecule has 1 aliphatic carbocycles. The van der Waals surface area contributed by atoms with Crippen molar-refractivity contribution < 1.29 is 4.79 Å². The number of thiophene rings is 1. The zero-order valence-electron chi connectivity index (χ0n) is 12.2. The van der Waals surface area contributed by atoms with Crippen molar-refractivity contribution in [2.24, 2.45) is 11.8 Å². The molecule has 0 spiro atoms. The van der Waals surface area contributed by atoms with Gasteiger partial charge in [-0.05, 0) is 42.9 Å². The molecule has 1 amide bonds. The summed E-state index contributed by atoms with van der Waals surface area (Å²) in [5.41, 5.74) is 6.69. The van der Waals surface area contributed by atoms with Crippen LogP contribution >= 0.6 is 22.9 Å². The van der Waals surface area contributed by atoms with Crippen LogP contribution in [0.5, 0.6) is 0 Å². The molecule has 3 unspecified atom stereocenters. The fraction of sp³-hybridized carbons (Fsp3) is 0.438. The van der Waals surface area contributed by atoms with Crippen LogP contribution in [0, 0.1) is 11.8 Å². The van der Waals surface area contributed by atoms with Crippen molar-refractivity contribution in [3.63, 3.8) is 0 Å². The fourth-order valence-corrected chi connectivity index (χ4v) is 4.36. The van der Waals surface area contributed by atoms with Crippen molar-refractivity contribution in [3.05, 3.63) is 28.1 Å². The molecule has 3 atom stereocenters. The van der Waals surface area contributed by atoms with Crippen molar-refractivity contribution in [1.29, 1.82) is 0 Å². The molecule has 0 saturated heterocycles. The smallest absolute Gasteiger partial charge is 0.263 e. The first kappa shape index (κ1) is 14.7. The zero-order chi connectivity index (χ0) is 15.1. The number of carbonyl (C=O) groups is 1. The van der Waals surface area contributed by atoms with Crippen molar-refractivity contribution in [1.82, 2.24) is 5.32 Å². The van der Waals surface area contributed by atoms with E-state index in [0.29, 0.717) is 27.4 Å². The lowest BCUT2D eigenvalue weighted by Gasteiger charge is -2.19. The fourth-order valence-electron chi connectivity index (χ4n) is 3.06. The predicted octanol–water partition coefficient (Wildman–Crippen LogP) is 4.30. The second kappa shape index (κ2) is 5.50. The Labute approximate surface area is 133 Å². The maximum absolute atomic E-state index is 12.5. The Balaban J connectivity index is 1.86. The third-order valence-electron chi connectivity index (χ3n) is 4.68. The molecule has 0 aliphatic heterocycles. The van der Waals surface area contributed by atoms with E-state index in [9.17, 15) is 4.79 Å². The molecule has 5 heteroatoms. The van der Waals surface area contributed by atoms with E-state index in [2.05, 4.69) is 19.2 Å². The van der Waals surface area contributed by atoms with Crippen LogP contribution in [0.25, 0.3) is 10.1 Å². The molecule has 1 heterocycles. The summed E-state index contributed by atoms with van der Waals surface area (Å²) in [7, 11) is 0. The highest BCUT2D eigenvalue weighted by Crippen LogP contribution is 2.36. The summed E-state index contributed by atoms with van der Waals surface area (Å²) >= 11 is 7.41. The van der Waals surface area contributed by atoms with Crippen molar-refractivity contribution in [2.45, 2.75) is 32.7 Å². The summed E-state index contributed by atoms with van der Waals surface area (Å²) in [4.78, 5) is 13.1. The number of nitrogens with one attached hydrogen (secondary N) is 1. The molecule has 3 N–H and O–H groups in total. The molecule has 0 radical (unpaired) electrons. The topological polar surface area (TPSA) is 55.1 Å². The van der Waals surface area contributed by atoms with E-state index >= 15 is 0 Å². The number of hydrogen-bond acceptors (Lipinski definition) is 3. The summed E-state index contributed by atoms with van der Waals surface area (Å²) in [6.07, 6.45) is 2.22. The number of rotatable bonds is 2. The number of nitrogens with two attached hydrogens (primary N) is 1. The van der Waals surface area contributed by atoms with E-state index in [0.717, 1.165) is 16.5 Å². The maximum Gasteiger partial charge on any atom is 0.263 e. The SMILES string of the molecule is CC1CCC(NC(=O)c2sc3cc(Cl)ccc3c2N)C1C. The Kier molecular flexibility index (Phi) is 3.84. The first-order valence-electron chi connectivity index (χ1n) is 7.25. The van der Waals surface area contributed by atoms with Gasteiger partial charge in [-0.15, -0.1) is 11.3 Å². The average molecular weight is 323 g/mol. The van der Waals surface area contributed by atoms with E-state index in [1.54, 1.807) is 6.07 Å². The summed E-state index contributed by atoms with van der Waals surface area (Å²) in [6.45, 7) is 4.45. The summed E-state index contributed by atoms with van der Waals surface area (Å²) < 4.78 is 0.956. The molecule has 3 nitrogen and oxygen atoms in total. The van der Waals surface area contributed by atoms with Crippen LogP contribution < -0.4 is 11.1 Å². The number of halogens is 1. The normalized spacial score (nSPS) is 25.4. The quantitative estimate of drug-likeness (QED) is 0.866. The number of benzene rings is 1. The van der Waals surface area contributed by atoms with Gasteiger partial charge in [-0.3, -0.25) is 4.79 Å². The summed E-state index contributed by atoms with van der Waals surface area (Å²) in [5.74, 6) is 1.11. The number of fused-ring (bicyclic) bond motifs is 1. The molecule has 3 rings (SSSR count). The van der Waals surface area contributed by atoms with Crippen LogP contribution in [0.1, 0.15) is 36.4 Å². The number of nitrogen functional groups attached to an aromatic ring is 1. The Hall–Kier alpha value is -1.26. The first-order valence-corrected chi connectivity index (χ1v) is 8.45. The second-order valence-electron chi connectivity index (χ2n) is 5.98. The number of amides is 1. The molecular weight excluding hydrogens is 304 g/mol. The first-order chi connectivity index (χ1) is 9.97. The minimum absolute atomic E-state index is 0.0595. The van der Waals surface area contributed by atoms with E-state index in [1.807, 2.05) is 12.1 Å². The Bertz CT molecular complexity index is 697. The van der Waals surface area contributed by atoms with Gasteiger partial charge < -0.3 is 11.1 Å². The molecule has 1 aromatic carbocycles. The molecule has 1 aliphatic rings. The molecule has 21 heavy (non-hydrogen) atoms. The van der Waals surface area contributed by atoms with E-state index in [4.69, 9.17) is 17.3 Å². The number of anilines is 1. The van der Waals surface area contributed by atoms with Gasteiger partial charge in [0.05, 0.1) is 5.69 Å². The molecule has 112 valence electrons. The molecule has 1 fully saturated rings. The molecule has 0 bridgehead atoms. The highest BCUT2D eigenvalue weighted by Gasteiger charge is 2.31. The Morgan fingerprint density at radius 1 is 1.38 bits per heavy atom. The Morgan fingerprint density at radius 3 is 2.81 bits per heavy atom. The Morgan fingerprint density at radius 2 is 2.14 bits per heavy atom. The van der Waals surface area contributed by atoms with Crippen LogP contribution in [0.2, 0.25) is 5.02 Å². The summed E-state index contributed by atoms with van der Waals surface area (Å²) in [6, 6.07) is 5.78. The minimum Gasteiger partial charge on any atom is -0.397 e. The standard InChI is InChI=1S/C16H19ClN2OS/c1-8-3-6-12(9(8)2)19-16(20)15-14(18)11-5-4-10(17)7-13(11)21-15/h4-5,7-9,12H,3,6,18H2,1-2H3,(H,19,20). The van der Waals surface area contributed by atoms with Crippen molar-refractivity contribution in [3.8, 4) is 0 Å². The van der Waals surface area contributed by atoms with Gasteiger partial charge in [-0.1, -0.05) is 25.4 Å². The lowest BCUT2D eigenvalue weighted by atomic mass is 9.98. The van der Waals surface area contributed by atoms with Gasteiger partial charge in [0.2, 0.25) is 0 Å². The van der Waals surface area contributed by atoms with Crippen LogP contribution in [0.15, 0.2) is 18.2 Å². The lowest BCUT2D eigenvalue weighted by molar-refractivity contribution is 0.0932. The van der Waals surface area contributed by atoms with Crippen LogP contribution in [0.4, 0.5) is 5.69 Å². The molecule has 1 saturated carbocycles. The van der Waals surface area contributed by atoms with Gasteiger partial charge in [-0.25, -0.2) is 0 Å². The van der Waals surface area contributed by atoms with E-state index in [1.165, 1.54) is 17.8 Å². The van der Waals surface area contributed by atoms with Gasteiger partial charge in [0, 0.05) is 21.2 Å². The number of carbonyl (C=O) groups excluding carboxylic acids is 1. The van der Waals surface area contributed by atoms with Crippen LogP contribution in [-0.4, -0.2) is 11.9 Å². The van der Waals surface area contributed by atoms with Crippen molar-refractivity contribution >= 4 is 44.6 Å². The molecular formula is C16H19ClN2OS. The van der Waals surface area contributed by atoms with Gasteiger partial charge in [0.25, 0.3) is 5.91 Å². The predicted molar refractivity (Wildman–Crippen MR) is 90.1 cm³/mol. The third kappa shape index (κ3) is 2.62. The largest absolute Gasteiger partial charge is 0.397 e. The minimum atomic E-state index is -0.0595. The highest BCUT2D eigenvalue weighted by molar-refractivity contribution is 7.21. The lowest BCUT2D eigenvalue weighted by Crippen LogP contribution is -2.37. The zero-order valence-corrected chi connectivity index (χ0v) is 13.7. The van der Waals surface area contributed by atoms with Crippen LogP contribution in [-0.2, 0) is 0 Å². The third-order valence-corrected chi connectivity index (χ3v) is 6.08. The summed E-state index contributed by atoms with van der Waals surface area (Å²) in [5, 5.41) is 4.72. The van der Waals surface area contributed by atoms with Gasteiger partial charge >= 0.3 is 0 Å². The van der Waals surface area contributed by atoms with Gasteiger partial charge in [0.15, 0.2) is 0 Å². The monoisotopic (exact) mass is 322 g/mol. The van der Waals surface area contributed by atoms with Crippen molar-refractivity contribution in [2.75, 3.05) is 5.73 Å². The highest BCUT2D eigenvalue weighted by atomic mass is 35.5.